The smallest absolute Gasteiger partial charge is 0.318 e. The van der Waals surface area contributed by atoms with Gasteiger partial charge in [0.15, 0.2) is 0 Å². The van der Waals surface area contributed by atoms with Crippen molar-refractivity contribution in [2.75, 3.05) is 6.54 Å². The summed E-state index contributed by atoms with van der Waals surface area (Å²) in [6.07, 6.45) is 1.46. The Hall–Kier alpha value is -3.68. The molecule has 0 atom stereocenters. The lowest BCUT2D eigenvalue weighted by atomic mass is 9.94. The van der Waals surface area contributed by atoms with Crippen LogP contribution < -0.4 is 4.74 Å². The molecule has 0 amide bonds. The fraction of sp³-hybridized carbons (Fsp3) is 0.233. The summed E-state index contributed by atoms with van der Waals surface area (Å²) < 4.78 is 34.3. The maximum Gasteiger partial charge on any atom is 0.318 e. The highest BCUT2D eigenvalue weighted by Gasteiger charge is 2.31. The lowest BCUT2D eigenvalue weighted by Crippen LogP contribution is -2.36. The number of hydrogen-bond acceptors (Lipinski definition) is 4. The van der Waals surface area contributed by atoms with Crippen molar-refractivity contribution in [1.82, 2.24) is 4.31 Å². The Balaban J connectivity index is 1.48. The first-order valence-electron chi connectivity index (χ1n) is 12.2. The van der Waals surface area contributed by atoms with Gasteiger partial charge in [0.25, 0.3) is 0 Å². The van der Waals surface area contributed by atoms with Gasteiger partial charge < -0.3 is 9.84 Å². The number of ether oxygens (including phenoxy) is 1. The number of fused-ring (bicyclic) bond motifs is 2. The average molecular weight is 516 g/mol. The summed E-state index contributed by atoms with van der Waals surface area (Å²) in [6, 6.07) is 26.5. The molecule has 5 rings (SSSR count). The first-order chi connectivity index (χ1) is 17.6. The minimum absolute atomic E-state index is 0.0617. The summed E-state index contributed by atoms with van der Waals surface area (Å²) in [5.74, 6) is -0.542. The number of benzene rings is 4. The molecule has 0 bridgehead atoms. The van der Waals surface area contributed by atoms with E-state index in [1.807, 2.05) is 62.4 Å². The second-order valence-electron chi connectivity index (χ2n) is 10.0. The van der Waals surface area contributed by atoms with Crippen molar-refractivity contribution in [3.8, 4) is 16.9 Å². The van der Waals surface area contributed by atoms with Crippen molar-refractivity contribution in [2.24, 2.45) is 0 Å². The van der Waals surface area contributed by atoms with Crippen molar-refractivity contribution in [3.05, 3.63) is 96.1 Å². The van der Waals surface area contributed by atoms with Gasteiger partial charge in [-0.05, 0) is 84.0 Å². The lowest BCUT2D eigenvalue weighted by molar-refractivity contribution is -0.137. The van der Waals surface area contributed by atoms with Crippen LogP contribution in [0, 0.1) is 0 Å². The van der Waals surface area contributed by atoms with Gasteiger partial charge in [-0.25, -0.2) is 8.42 Å². The van der Waals surface area contributed by atoms with E-state index < -0.39 is 22.5 Å². The Morgan fingerprint density at radius 1 is 0.973 bits per heavy atom. The summed E-state index contributed by atoms with van der Waals surface area (Å²) in [5, 5.41) is 11.8. The van der Waals surface area contributed by atoms with Crippen molar-refractivity contribution in [3.63, 3.8) is 0 Å². The number of carboxylic acid groups (broad SMARTS) is 1. The normalized spacial score (nSPS) is 14.8. The molecule has 0 aromatic heterocycles. The molecule has 0 aliphatic carbocycles. The minimum atomic E-state index is -4.07. The Morgan fingerprint density at radius 3 is 2.54 bits per heavy atom. The number of carboxylic acids is 1. The van der Waals surface area contributed by atoms with Crippen LogP contribution in [0.2, 0.25) is 0 Å². The molecule has 0 unspecified atom stereocenters. The number of aryl methyl sites for hydroxylation is 1. The van der Waals surface area contributed by atoms with E-state index in [4.69, 9.17) is 4.74 Å². The van der Waals surface area contributed by atoms with Gasteiger partial charge in [-0.2, -0.15) is 4.31 Å². The summed E-state index contributed by atoms with van der Waals surface area (Å²) >= 11 is 0. The van der Waals surface area contributed by atoms with Crippen LogP contribution in [0.25, 0.3) is 21.9 Å². The molecule has 7 heteroatoms. The number of rotatable bonds is 7. The van der Waals surface area contributed by atoms with Gasteiger partial charge in [0.05, 0.1) is 4.90 Å². The fourth-order valence-electron chi connectivity index (χ4n) is 4.84. The van der Waals surface area contributed by atoms with Gasteiger partial charge in [0.2, 0.25) is 10.0 Å². The van der Waals surface area contributed by atoms with Crippen LogP contribution in [0.3, 0.4) is 0 Å². The summed E-state index contributed by atoms with van der Waals surface area (Å²) in [7, 11) is -4.07. The van der Waals surface area contributed by atoms with Crippen molar-refractivity contribution >= 4 is 26.8 Å². The van der Waals surface area contributed by atoms with Crippen LogP contribution >= 0.6 is 0 Å². The first kappa shape index (κ1) is 25.0. The molecule has 1 N–H and O–H groups in total. The Bertz CT molecular complexity index is 1590. The van der Waals surface area contributed by atoms with Gasteiger partial charge in [0.1, 0.15) is 17.9 Å². The predicted octanol–water partition coefficient (Wildman–Crippen LogP) is 5.89. The lowest BCUT2D eigenvalue weighted by Gasteiger charge is -2.33. The predicted molar refractivity (Wildman–Crippen MR) is 144 cm³/mol. The molecular formula is C30H29NO5S. The molecule has 0 fully saturated rings. The highest BCUT2D eigenvalue weighted by molar-refractivity contribution is 7.89. The van der Waals surface area contributed by atoms with E-state index >= 15 is 0 Å². The zero-order valence-corrected chi connectivity index (χ0v) is 21.7. The van der Waals surface area contributed by atoms with E-state index in [9.17, 15) is 18.3 Å². The van der Waals surface area contributed by atoms with Crippen molar-refractivity contribution in [1.29, 1.82) is 0 Å². The molecule has 0 radical (unpaired) electrons. The summed E-state index contributed by atoms with van der Waals surface area (Å²) in [4.78, 5) is 11.8. The van der Waals surface area contributed by atoms with Crippen LogP contribution in [-0.2, 0) is 27.8 Å². The Kier molecular flexibility index (Phi) is 6.52. The van der Waals surface area contributed by atoms with Crippen molar-refractivity contribution < 1.29 is 23.1 Å². The third-order valence-electron chi connectivity index (χ3n) is 6.75. The minimum Gasteiger partial charge on any atom is -0.488 e. The van der Waals surface area contributed by atoms with Gasteiger partial charge >= 0.3 is 5.97 Å². The molecule has 1 aliphatic heterocycles. The number of hydrogen-bond donors (Lipinski definition) is 1. The molecule has 4 aromatic rings. The topological polar surface area (TPSA) is 83.9 Å². The summed E-state index contributed by atoms with van der Waals surface area (Å²) in [6.45, 7) is 3.30. The molecule has 6 nitrogen and oxygen atoms in total. The molecular weight excluding hydrogens is 486 g/mol. The van der Waals surface area contributed by atoms with E-state index in [1.54, 1.807) is 12.1 Å². The molecule has 1 heterocycles. The zero-order valence-electron chi connectivity index (χ0n) is 20.8. The van der Waals surface area contributed by atoms with Gasteiger partial charge in [-0.1, -0.05) is 60.7 Å². The van der Waals surface area contributed by atoms with Gasteiger partial charge in [-0.3, -0.25) is 4.79 Å². The van der Waals surface area contributed by atoms with Gasteiger partial charge in [0, 0.05) is 6.54 Å². The number of aliphatic carboxylic acids is 1. The Labute approximate surface area is 217 Å². The second kappa shape index (κ2) is 9.65. The maximum atomic E-state index is 13.6. The average Bonchev–Trinajstić information content (AvgIpc) is 2.87. The molecule has 0 saturated heterocycles. The molecule has 1 aliphatic rings. The molecule has 0 saturated carbocycles. The largest absolute Gasteiger partial charge is 0.488 e. The third-order valence-corrected chi connectivity index (χ3v) is 8.54. The number of nitrogens with zero attached hydrogens (tertiary/aromatic N) is 1. The van der Waals surface area contributed by atoms with E-state index in [0.717, 1.165) is 38.2 Å². The zero-order chi connectivity index (χ0) is 26.2. The summed E-state index contributed by atoms with van der Waals surface area (Å²) in [5.41, 5.74) is 3.19. The highest BCUT2D eigenvalue weighted by atomic mass is 32.2. The van der Waals surface area contributed by atoms with E-state index in [0.29, 0.717) is 17.7 Å². The fourth-order valence-corrected chi connectivity index (χ4v) is 6.27. The number of sulfonamides is 1. The Morgan fingerprint density at radius 2 is 1.73 bits per heavy atom. The van der Waals surface area contributed by atoms with Crippen molar-refractivity contribution in [2.45, 2.75) is 43.7 Å². The molecule has 4 aromatic carbocycles. The number of carbonyl (C=O) groups is 1. The maximum absolute atomic E-state index is 13.6. The molecule has 190 valence electrons. The van der Waals surface area contributed by atoms with E-state index in [2.05, 4.69) is 18.2 Å². The van der Waals surface area contributed by atoms with E-state index in [1.165, 1.54) is 6.07 Å². The standard InChI is InChI=1S/C30H29NO5S/c1-30(2)16-15-24-18-25(13-14-28(24)36-30)37(34,35)31(20-29(32)33)19-21-7-5-10-23(17-21)27-12-6-9-22-8-3-4-11-26(22)27/h3-14,17-18H,15-16,19-20H2,1-2H3,(H,32,33). The second-order valence-corrected chi connectivity index (χ2v) is 12.0. The van der Waals surface area contributed by atoms with Crippen LogP contribution in [-0.4, -0.2) is 35.9 Å². The molecule has 0 spiro atoms. The SMILES string of the molecule is CC1(C)CCc2cc(S(=O)(=O)N(CC(=O)O)Cc3cccc(-c4cccc5ccccc45)c3)ccc2O1. The third kappa shape index (κ3) is 5.24. The van der Waals surface area contributed by atoms with Crippen LogP contribution in [0.15, 0.2) is 89.8 Å². The van der Waals surface area contributed by atoms with Crippen LogP contribution in [0.4, 0.5) is 0 Å². The highest BCUT2D eigenvalue weighted by Crippen LogP contribution is 2.35. The monoisotopic (exact) mass is 515 g/mol. The van der Waals surface area contributed by atoms with Gasteiger partial charge in [-0.15, -0.1) is 0 Å². The van der Waals surface area contributed by atoms with Crippen LogP contribution in [0.1, 0.15) is 31.4 Å². The quantitative estimate of drug-likeness (QED) is 0.332. The first-order valence-corrected chi connectivity index (χ1v) is 13.7. The van der Waals surface area contributed by atoms with E-state index in [-0.39, 0.29) is 17.0 Å². The molecule has 37 heavy (non-hydrogen) atoms. The van der Waals surface area contributed by atoms with Crippen LogP contribution in [0.5, 0.6) is 5.75 Å².